The van der Waals surface area contributed by atoms with Crippen molar-refractivity contribution < 1.29 is 14.3 Å². The molecule has 25 heavy (non-hydrogen) atoms. The fourth-order valence-electron chi connectivity index (χ4n) is 3.96. The van der Waals surface area contributed by atoms with Gasteiger partial charge in [0.05, 0.1) is 6.54 Å². The van der Waals surface area contributed by atoms with Gasteiger partial charge in [-0.05, 0) is 25.2 Å². The highest BCUT2D eigenvalue weighted by Crippen LogP contribution is 2.31. The van der Waals surface area contributed by atoms with Crippen molar-refractivity contribution in [1.82, 2.24) is 24.6 Å². The predicted molar refractivity (Wildman–Crippen MR) is 90.6 cm³/mol. The van der Waals surface area contributed by atoms with Gasteiger partial charge in [0, 0.05) is 52.2 Å². The first kappa shape index (κ1) is 17.8. The van der Waals surface area contributed by atoms with E-state index in [0.717, 1.165) is 38.9 Å². The lowest BCUT2D eigenvalue weighted by Gasteiger charge is -2.47. The second kappa shape index (κ2) is 8.42. The molecule has 2 aliphatic rings. The van der Waals surface area contributed by atoms with E-state index in [1.165, 1.54) is 6.33 Å². The standard InChI is InChI=1S/C17H27N5O3/c1-25-10-2-7-22-15-5-8-20(11-14(15)3-4-17(22)24)16(23)6-9-21-13-18-12-19-21/h12-15H,2-11H2,1H3/t14-,15+/m0/s1. The zero-order valence-corrected chi connectivity index (χ0v) is 14.8. The Kier molecular flexibility index (Phi) is 6.01. The van der Waals surface area contributed by atoms with Gasteiger partial charge in [-0.25, -0.2) is 4.98 Å². The topological polar surface area (TPSA) is 80.6 Å². The summed E-state index contributed by atoms with van der Waals surface area (Å²) in [6.45, 7) is 3.48. The SMILES string of the molecule is COCCCN1C(=O)CC[C@H]2CN(C(=O)CCn3cncn3)CC[C@H]21. The van der Waals surface area contributed by atoms with Crippen LogP contribution < -0.4 is 0 Å². The molecule has 2 amide bonds. The van der Waals surface area contributed by atoms with Crippen molar-refractivity contribution in [3.63, 3.8) is 0 Å². The fraction of sp³-hybridized carbons (Fsp3) is 0.765. The number of hydrogen-bond acceptors (Lipinski definition) is 5. The molecule has 2 fully saturated rings. The van der Waals surface area contributed by atoms with Crippen LogP contribution in [0.1, 0.15) is 32.1 Å². The molecule has 8 nitrogen and oxygen atoms in total. The van der Waals surface area contributed by atoms with Gasteiger partial charge in [0.25, 0.3) is 0 Å². The molecule has 0 bridgehead atoms. The van der Waals surface area contributed by atoms with Crippen LogP contribution in [0.4, 0.5) is 0 Å². The largest absolute Gasteiger partial charge is 0.385 e. The summed E-state index contributed by atoms with van der Waals surface area (Å²) in [5, 5.41) is 4.03. The van der Waals surface area contributed by atoms with Gasteiger partial charge < -0.3 is 14.5 Å². The third-order valence-corrected chi connectivity index (χ3v) is 5.27. The molecule has 2 aliphatic heterocycles. The molecule has 8 heteroatoms. The third kappa shape index (κ3) is 4.36. The molecule has 0 aliphatic carbocycles. The lowest BCUT2D eigenvalue weighted by atomic mass is 9.83. The molecule has 0 radical (unpaired) electrons. The van der Waals surface area contributed by atoms with E-state index in [2.05, 4.69) is 10.1 Å². The second-order valence-corrected chi connectivity index (χ2v) is 6.84. The van der Waals surface area contributed by atoms with Crippen LogP contribution in [0, 0.1) is 5.92 Å². The average Bonchev–Trinajstić information content (AvgIpc) is 3.15. The van der Waals surface area contributed by atoms with Gasteiger partial charge in [-0.15, -0.1) is 0 Å². The molecule has 1 aromatic rings. The van der Waals surface area contributed by atoms with Crippen molar-refractivity contribution in [3.8, 4) is 0 Å². The normalized spacial score (nSPS) is 23.6. The van der Waals surface area contributed by atoms with Crippen LogP contribution in [0.5, 0.6) is 0 Å². The Morgan fingerprint density at radius 1 is 1.36 bits per heavy atom. The molecule has 0 saturated carbocycles. The summed E-state index contributed by atoms with van der Waals surface area (Å²) in [5.41, 5.74) is 0. The van der Waals surface area contributed by atoms with E-state index in [9.17, 15) is 9.59 Å². The highest BCUT2D eigenvalue weighted by atomic mass is 16.5. The third-order valence-electron chi connectivity index (χ3n) is 5.27. The Hall–Kier alpha value is -1.96. The maximum Gasteiger partial charge on any atom is 0.224 e. The summed E-state index contributed by atoms with van der Waals surface area (Å²) in [4.78, 5) is 32.7. The van der Waals surface area contributed by atoms with Crippen LogP contribution in [0.15, 0.2) is 12.7 Å². The number of carbonyl (C=O) groups is 2. The molecule has 138 valence electrons. The Bertz CT molecular complexity index is 577. The van der Waals surface area contributed by atoms with Crippen LogP contribution in [0.2, 0.25) is 0 Å². The molecule has 2 atom stereocenters. The van der Waals surface area contributed by atoms with E-state index in [-0.39, 0.29) is 17.9 Å². The minimum absolute atomic E-state index is 0.164. The summed E-state index contributed by atoms with van der Waals surface area (Å²) in [6.07, 6.45) is 6.77. The fourth-order valence-corrected chi connectivity index (χ4v) is 3.96. The van der Waals surface area contributed by atoms with E-state index < -0.39 is 0 Å². The minimum atomic E-state index is 0.164. The van der Waals surface area contributed by atoms with Crippen molar-refractivity contribution >= 4 is 11.8 Å². The van der Waals surface area contributed by atoms with Crippen molar-refractivity contribution in [1.29, 1.82) is 0 Å². The lowest BCUT2D eigenvalue weighted by Crippen LogP contribution is -2.57. The Morgan fingerprint density at radius 2 is 2.24 bits per heavy atom. The molecule has 3 heterocycles. The summed E-state index contributed by atoms with van der Waals surface area (Å²) < 4.78 is 6.79. The minimum Gasteiger partial charge on any atom is -0.385 e. The maximum absolute atomic E-state index is 12.5. The number of nitrogens with zero attached hydrogens (tertiary/aromatic N) is 5. The maximum atomic E-state index is 12.5. The molecular weight excluding hydrogens is 322 g/mol. The van der Waals surface area contributed by atoms with Crippen LogP contribution in [0.25, 0.3) is 0 Å². The van der Waals surface area contributed by atoms with Crippen LogP contribution >= 0.6 is 0 Å². The van der Waals surface area contributed by atoms with Crippen molar-refractivity contribution in [2.45, 2.75) is 44.7 Å². The Balaban J connectivity index is 1.52. The number of aromatic nitrogens is 3. The number of amides is 2. The summed E-state index contributed by atoms with van der Waals surface area (Å²) in [7, 11) is 1.68. The Labute approximate surface area is 148 Å². The first-order valence-corrected chi connectivity index (χ1v) is 9.07. The summed E-state index contributed by atoms with van der Waals surface area (Å²) in [6, 6.07) is 0.275. The second-order valence-electron chi connectivity index (χ2n) is 6.84. The van der Waals surface area contributed by atoms with E-state index in [1.54, 1.807) is 18.1 Å². The number of rotatable bonds is 7. The van der Waals surface area contributed by atoms with E-state index in [0.29, 0.717) is 31.9 Å². The number of carbonyl (C=O) groups excluding carboxylic acids is 2. The Morgan fingerprint density at radius 3 is 3.00 bits per heavy atom. The van der Waals surface area contributed by atoms with E-state index in [4.69, 9.17) is 4.74 Å². The molecular formula is C17H27N5O3. The molecule has 3 rings (SSSR count). The molecule has 0 N–H and O–H groups in total. The number of likely N-dealkylation sites (tertiary alicyclic amines) is 2. The summed E-state index contributed by atoms with van der Waals surface area (Å²) in [5.74, 6) is 0.810. The van der Waals surface area contributed by atoms with Gasteiger partial charge in [-0.3, -0.25) is 14.3 Å². The van der Waals surface area contributed by atoms with E-state index in [1.807, 2.05) is 9.80 Å². The number of piperidine rings is 2. The molecule has 0 aromatic carbocycles. The monoisotopic (exact) mass is 349 g/mol. The van der Waals surface area contributed by atoms with Gasteiger partial charge in [0.1, 0.15) is 12.7 Å². The zero-order valence-electron chi connectivity index (χ0n) is 14.8. The molecule has 2 saturated heterocycles. The van der Waals surface area contributed by atoms with Gasteiger partial charge >= 0.3 is 0 Å². The quantitative estimate of drug-likeness (QED) is 0.672. The average molecular weight is 349 g/mol. The lowest BCUT2D eigenvalue weighted by molar-refractivity contribution is -0.144. The van der Waals surface area contributed by atoms with Crippen molar-refractivity contribution in [3.05, 3.63) is 12.7 Å². The van der Waals surface area contributed by atoms with Crippen LogP contribution in [0.3, 0.4) is 0 Å². The number of hydrogen-bond donors (Lipinski definition) is 0. The molecule has 0 unspecified atom stereocenters. The number of fused-ring (bicyclic) bond motifs is 1. The zero-order chi connectivity index (χ0) is 17.6. The van der Waals surface area contributed by atoms with E-state index >= 15 is 0 Å². The number of methoxy groups -OCH3 is 1. The molecule has 1 aromatic heterocycles. The molecule has 0 spiro atoms. The van der Waals surface area contributed by atoms with Crippen LogP contribution in [-0.2, 0) is 20.9 Å². The number of ether oxygens (including phenoxy) is 1. The van der Waals surface area contributed by atoms with Crippen LogP contribution in [-0.4, -0.2) is 75.8 Å². The van der Waals surface area contributed by atoms with Gasteiger partial charge in [0.2, 0.25) is 11.8 Å². The van der Waals surface area contributed by atoms with Gasteiger partial charge in [-0.2, -0.15) is 5.10 Å². The predicted octanol–water partition coefficient (Wildman–Crippen LogP) is 0.544. The van der Waals surface area contributed by atoms with Gasteiger partial charge in [-0.1, -0.05) is 0 Å². The van der Waals surface area contributed by atoms with Gasteiger partial charge in [0.15, 0.2) is 0 Å². The highest BCUT2D eigenvalue weighted by molar-refractivity contribution is 5.78. The van der Waals surface area contributed by atoms with Crippen molar-refractivity contribution in [2.75, 3.05) is 33.4 Å². The first-order chi connectivity index (χ1) is 12.2. The number of aryl methyl sites for hydroxylation is 1. The highest BCUT2D eigenvalue weighted by Gasteiger charge is 2.39. The van der Waals surface area contributed by atoms with Crippen molar-refractivity contribution in [2.24, 2.45) is 5.92 Å². The summed E-state index contributed by atoms with van der Waals surface area (Å²) >= 11 is 0. The smallest absolute Gasteiger partial charge is 0.224 e. The first-order valence-electron chi connectivity index (χ1n) is 9.07.